The molecule has 3 aliphatic rings. The van der Waals surface area contributed by atoms with Gasteiger partial charge in [-0.3, -0.25) is 4.79 Å². The molecule has 0 bridgehead atoms. The van der Waals surface area contributed by atoms with E-state index in [9.17, 15) is 4.79 Å². The molecule has 1 aromatic carbocycles. The normalized spacial score (nSPS) is 31.3. The summed E-state index contributed by atoms with van der Waals surface area (Å²) >= 11 is 1.60. The maximum absolute atomic E-state index is 13.5. The SMILES string of the molecule is CC(C)(C)OC(=O)[C@]1(Sc2ccccc2)CC=C[C@@H]1[C@H]1COC2(CCCCC2)O1. The van der Waals surface area contributed by atoms with Gasteiger partial charge in [0.1, 0.15) is 10.3 Å². The molecule has 3 atom stereocenters. The number of benzene rings is 1. The van der Waals surface area contributed by atoms with Crippen LogP contribution in [0.1, 0.15) is 59.3 Å². The summed E-state index contributed by atoms with van der Waals surface area (Å²) in [4.78, 5) is 14.6. The van der Waals surface area contributed by atoms with Crippen LogP contribution in [0.25, 0.3) is 0 Å². The van der Waals surface area contributed by atoms with Gasteiger partial charge < -0.3 is 14.2 Å². The molecule has 4 rings (SSSR count). The highest BCUT2D eigenvalue weighted by atomic mass is 32.2. The van der Waals surface area contributed by atoms with E-state index in [0.717, 1.165) is 30.6 Å². The molecule has 4 nitrogen and oxygen atoms in total. The molecule has 0 radical (unpaired) electrons. The van der Waals surface area contributed by atoms with Crippen molar-refractivity contribution in [2.24, 2.45) is 5.92 Å². The Labute approximate surface area is 178 Å². The van der Waals surface area contributed by atoms with E-state index in [1.165, 1.54) is 6.42 Å². The van der Waals surface area contributed by atoms with Crippen LogP contribution in [-0.2, 0) is 19.0 Å². The first kappa shape index (κ1) is 21.0. The molecular weight excluding hydrogens is 384 g/mol. The van der Waals surface area contributed by atoms with Crippen LogP contribution < -0.4 is 0 Å². The summed E-state index contributed by atoms with van der Waals surface area (Å²) in [5.74, 6) is -0.693. The van der Waals surface area contributed by atoms with E-state index < -0.39 is 16.1 Å². The highest BCUT2D eigenvalue weighted by molar-refractivity contribution is 8.01. The Morgan fingerprint density at radius 3 is 2.55 bits per heavy atom. The summed E-state index contributed by atoms with van der Waals surface area (Å²) < 4.78 is 18.0. The first-order chi connectivity index (χ1) is 13.8. The van der Waals surface area contributed by atoms with Gasteiger partial charge in [0.05, 0.1) is 12.7 Å². The lowest BCUT2D eigenvalue weighted by atomic mass is 9.89. The second kappa shape index (κ2) is 8.09. The largest absolute Gasteiger partial charge is 0.459 e. The fraction of sp³-hybridized carbons (Fsp3) is 0.625. The molecule has 5 heteroatoms. The van der Waals surface area contributed by atoms with Crippen LogP contribution in [0.5, 0.6) is 0 Å². The molecule has 29 heavy (non-hydrogen) atoms. The van der Waals surface area contributed by atoms with E-state index in [1.54, 1.807) is 11.8 Å². The predicted molar refractivity (Wildman–Crippen MR) is 115 cm³/mol. The van der Waals surface area contributed by atoms with Crippen LogP contribution in [0.3, 0.4) is 0 Å². The number of hydrogen-bond donors (Lipinski definition) is 0. The lowest BCUT2D eigenvalue weighted by molar-refractivity contribution is -0.192. The number of esters is 1. The van der Waals surface area contributed by atoms with Crippen LogP contribution in [0.15, 0.2) is 47.4 Å². The third kappa shape index (κ3) is 4.42. The van der Waals surface area contributed by atoms with Gasteiger partial charge in [-0.15, -0.1) is 11.8 Å². The van der Waals surface area contributed by atoms with Gasteiger partial charge in [0, 0.05) is 23.7 Å². The Bertz CT molecular complexity index is 748. The van der Waals surface area contributed by atoms with Crippen LogP contribution in [-0.4, -0.2) is 34.8 Å². The quantitative estimate of drug-likeness (QED) is 0.478. The van der Waals surface area contributed by atoms with E-state index in [-0.39, 0.29) is 18.0 Å². The van der Waals surface area contributed by atoms with Crippen molar-refractivity contribution in [2.75, 3.05) is 6.61 Å². The van der Waals surface area contributed by atoms with E-state index in [1.807, 2.05) is 39.0 Å². The summed E-state index contributed by atoms with van der Waals surface area (Å²) in [5.41, 5.74) is -0.536. The minimum absolute atomic E-state index is 0.0798. The van der Waals surface area contributed by atoms with Gasteiger partial charge in [-0.25, -0.2) is 0 Å². The molecule has 2 fully saturated rings. The summed E-state index contributed by atoms with van der Waals surface area (Å²) in [6.07, 6.45) is 10.2. The highest BCUT2D eigenvalue weighted by Crippen LogP contribution is 2.51. The Hall–Kier alpha value is -1.30. The van der Waals surface area contributed by atoms with Crippen molar-refractivity contribution < 1.29 is 19.0 Å². The Morgan fingerprint density at radius 2 is 1.86 bits per heavy atom. The van der Waals surface area contributed by atoms with Gasteiger partial charge in [-0.1, -0.05) is 36.8 Å². The minimum atomic E-state index is -0.733. The Morgan fingerprint density at radius 1 is 1.14 bits per heavy atom. The van der Waals surface area contributed by atoms with Gasteiger partial charge >= 0.3 is 5.97 Å². The average molecular weight is 417 g/mol. The maximum atomic E-state index is 13.5. The smallest absolute Gasteiger partial charge is 0.324 e. The number of ether oxygens (including phenoxy) is 3. The molecule has 1 heterocycles. The number of carbonyl (C=O) groups is 1. The molecule has 158 valence electrons. The summed E-state index contributed by atoms with van der Waals surface area (Å²) in [5, 5.41) is 0. The summed E-state index contributed by atoms with van der Waals surface area (Å²) in [7, 11) is 0. The Balaban J connectivity index is 1.61. The van der Waals surface area contributed by atoms with Crippen molar-refractivity contribution in [1.82, 2.24) is 0 Å². The maximum Gasteiger partial charge on any atom is 0.324 e. The van der Waals surface area contributed by atoms with Crippen molar-refractivity contribution in [3.05, 3.63) is 42.5 Å². The molecule has 1 saturated carbocycles. The van der Waals surface area contributed by atoms with Gasteiger partial charge in [0.25, 0.3) is 0 Å². The third-order valence-electron chi connectivity index (χ3n) is 5.98. The number of carbonyl (C=O) groups excluding carboxylic acids is 1. The summed E-state index contributed by atoms with van der Waals surface area (Å²) in [6, 6.07) is 10.1. The zero-order valence-electron chi connectivity index (χ0n) is 17.7. The van der Waals surface area contributed by atoms with Gasteiger partial charge in [0.15, 0.2) is 5.79 Å². The molecule has 1 saturated heterocycles. The lowest BCUT2D eigenvalue weighted by Gasteiger charge is -2.38. The molecule has 1 spiro atoms. The van der Waals surface area contributed by atoms with E-state index in [0.29, 0.717) is 13.0 Å². The number of allylic oxidation sites excluding steroid dienone is 1. The van der Waals surface area contributed by atoms with Gasteiger partial charge in [-0.05, 0) is 52.2 Å². The van der Waals surface area contributed by atoms with Crippen LogP contribution in [0.2, 0.25) is 0 Å². The second-order valence-electron chi connectivity index (χ2n) is 9.40. The van der Waals surface area contributed by atoms with Crippen molar-refractivity contribution in [3.63, 3.8) is 0 Å². The number of rotatable bonds is 4. The molecule has 0 unspecified atom stereocenters. The van der Waals surface area contributed by atoms with Crippen LogP contribution in [0, 0.1) is 5.92 Å². The fourth-order valence-electron chi connectivity index (χ4n) is 4.65. The monoisotopic (exact) mass is 416 g/mol. The minimum Gasteiger partial charge on any atom is -0.459 e. The molecule has 0 N–H and O–H groups in total. The van der Waals surface area contributed by atoms with Gasteiger partial charge in [0.2, 0.25) is 0 Å². The van der Waals surface area contributed by atoms with Crippen molar-refractivity contribution in [2.45, 2.75) is 86.4 Å². The van der Waals surface area contributed by atoms with Crippen molar-refractivity contribution >= 4 is 17.7 Å². The lowest BCUT2D eigenvalue weighted by Crippen LogP contribution is -2.49. The zero-order chi connectivity index (χ0) is 20.5. The first-order valence-corrected chi connectivity index (χ1v) is 11.6. The van der Waals surface area contributed by atoms with E-state index in [2.05, 4.69) is 24.3 Å². The molecular formula is C24H32O4S. The van der Waals surface area contributed by atoms with Crippen molar-refractivity contribution in [1.29, 1.82) is 0 Å². The highest BCUT2D eigenvalue weighted by Gasteiger charge is 2.56. The molecule has 2 aliphatic carbocycles. The van der Waals surface area contributed by atoms with E-state index in [4.69, 9.17) is 14.2 Å². The summed E-state index contributed by atoms with van der Waals surface area (Å²) in [6.45, 7) is 6.31. The number of hydrogen-bond acceptors (Lipinski definition) is 5. The predicted octanol–water partition coefficient (Wildman–Crippen LogP) is 5.51. The molecule has 0 aromatic heterocycles. The van der Waals surface area contributed by atoms with Crippen LogP contribution in [0.4, 0.5) is 0 Å². The standard InChI is InChI=1S/C24H32O4S/c1-22(2,3)28-21(25)24(29-18-11-6-4-7-12-18)16-10-13-19(24)20-17-26-23(27-20)14-8-5-9-15-23/h4,6-7,10-13,19-20H,5,8-9,14-17H2,1-3H3/t19-,20-,24+/m1/s1. The molecule has 1 aliphatic heterocycles. The van der Waals surface area contributed by atoms with Crippen LogP contribution >= 0.6 is 11.8 Å². The Kier molecular flexibility index (Phi) is 5.84. The zero-order valence-corrected chi connectivity index (χ0v) is 18.5. The topological polar surface area (TPSA) is 44.8 Å². The van der Waals surface area contributed by atoms with Gasteiger partial charge in [-0.2, -0.15) is 0 Å². The molecule has 1 aromatic rings. The van der Waals surface area contributed by atoms with E-state index >= 15 is 0 Å². The first-order valence-electron chi connectivity index (χ1n) is 10.8. The molecule has 0 amide bonds. The average Bonchev–Trinajstić information content (AvgIpc) is 3.27. The fourth-order valence-corrected chi connectivity index (χ4v) is 6.03. The third-order valence-corrected chi connectivity index (χ3v) is 7.46. The number of thioether (sulfide) groups is 1. The van der Waals surface area contributed by atoms with Crippen molar-refractivity contribution in [3.8, 4) is 0 Å². The second-order valence-corrected chi connectivity index (χ2v) is 10.8.